The smallest absolute Gasteiger partial charge is 0.137 e. The monoisotopic (exact) mass is 247 g/mol. The summed E-state index contributed by atoms with van der Waals surface area (Å²) in [6, 6.07) is 0. The maximum Gasteiger partial charge on any atom is 0.137 e. The molecular formula is C14H21N3O. The lowest BCUT2D eigenvalue weighted by atomic mass is 9.73. The molecule has 2 aliphatic rings. The SMILES string of the molecule is OCc1cncnc1N1CCC2(CCCCC2)C1. The van der Waals surface area contributed by atoms with Gasteiger partial charge in [0.15, 0.2) is 0 Å². The minimum atomic E-state index is 0.0275. The quantitative estimate of drug-likeness (QED) is 0.869. The van der Waals surface area contributed by atoms with Crippen LogP contribution >= 0.6 is 0 Å². The zero-order valence-corrected chi connectivity index (χ0v) is 10.8. The molecule has 98 valence electrons. The third-order valence-electron chi connectivity index (χ3n) is 4.59. The van der Waals surface area contributed by atoms with Crippen molar-refractivity contribution in [2.24, 2.45) is 5.41 Å². The minimum Gasteiger partial charge on any atom is -0.391 e. The Hall–Kier alpha value is -1.16. The lowest BCUT2D eigenvalue weighted by Gasteiger charge is -2.33. The summed E-state index contributed by atoms with van der Waals surface area (Å²) in [6.45, 7) is 2.21. The highest BCUT2D eigenvalue weighted by atomic mass is 16.3. The summed E-state index contributed by atoms with van der Waals surface area (Å²) in [4.78, 5) is 10.7. The largest absolute Gasteiger partial charge is 0.391 e. The van der Waals surface area contributed by atoms with Gasteiger partial charge in [0.05, 0.1) is 6.61 Å². The summed E-state index contributed by atoms with van der Waals surface area (Å²) < 4.78 is 0. The summed E-state index contributed by atoms with van der Waals surface area (Å²) in [7, 11) is 0. The van der Waals surface area contributed by atoms with E-state index in [0.717, 1.165) is 24.5 Å². The highest BCUT2D eigenvalue weighted by molar-refractivity contribution is 5.46. The third-order valence-corrected chi connectivity index (χ3v) is 4.59. The van der Waals surface area contributed by atoms with Crippen LogP contribution in [0.25, 0.3) is 0 Å². The first-order valence-corrected chi connectivity index (χ1v) is 6.98. The lowest BCUT2D eigenvalue weighted by Crippen LogP contribution is -2.30. The maximum absolute atomic E-state index is 9.37. The summed E-state index contributed by atoms with van der Waals surface area (Å²) in [5, 5.41) is 9.37. The fourth-order valence-electron chi connectivity index (χ4n) is 3.57. The van der Waals surface area contributed by atoms with Gasteiger partial charge in [0.2, 0.25) is 0 Å². The van der Waals surface area contributed by atoms with Crippen LogP contribution in [-0.2, 0) is 6.61 Å². The molecule has 1 N–H and O–H groups in total. The number of hydrogen-bond donors (Lipinski definition) is 1. The van der Waals surface area contributed by atoms with Crippen molar-refractivity contribution in [1.29, 1.82) is 0 Å². The van der Waals surface area contributed by atoms with E-state index < -0.39 is 0 Å². The van der Waals surface area contributed by atoms with E-state index in [-0.39, 0.29) is 6.61 Å². The molecular weight excluding hydrogens is 226 g/mol. The van der Waals surface area contributed by atoms with Crippen LogP contribution in [0.2, 0.25) is 0 Å². The van der Waals surface area contributed by atoms with Gasteiger partial charge in [-0.2, -0.15) is 0 Å². The molecule has 1 saturated carbocycles. The molecule has 0 amide bonds. The van der Waals surface area contributed by atoms with Crippen LogP contribution in [0.15, 0.2) is 12.5 Å². The van der Waals surface area contributed by atoms with Gasteiger partial charge >= 0.3 is 0 Å². The molecule has 0 aromatic carbocycles. The van der Waals surface area contributed by atoms with E-state index in [1.807, 2.05) is 0 Å². The number of hydrogen-bond acceptors (Lipinski definition) is 4. The minimum absolute atomic E-state index is 0.0275. The van der Waals surface area contributed by atoms with E-state index in [2.05, 4.69) is 14.9 Å². The third kappa shape index (κ3) is 2.09. The number of aromatic nitrogens is 2. The van der Waals surface area contributed by atoms with Crippen molar-refractivity contribution in [2.75, 3.05) is 18.0 Å². The van der Waals surface area contributed by atoms with Gasteiger partial charge in [0.1, 0.15) is 12.1 Å². The molecule has 4 nitrogen and oxygen atoms in total. The second-order valence-electron chi connectivity index (χ2n) is 5.76. The number of nitrogens with zero attached hydrogens (tertiary/aromatic N) is 3. The fraction of sp³-hybridized carbons (Fsp3) is 0.714. The molecule has 0 atom stereocenters. The summed E-state index contributed by atoms with van der Waals surface area (Å²) in [5.74, 6) is 0.940. The Labute approximate surface area is 108 Å². The Morgan fingerprint density at radius 1 is 1.22 bits per heavy atom. The highest BCUT2D eigenvalue weighted by Crippen LogP contribution is 2.44. The first-order valence-electron chi connectivity index (χ1n) is 6.98. The van der Waals surface area contributed by atoms with Gasteiger partial charge in [-0.25, -0.2) is 9.97 Å². The first-order chi connectivity index (χ1) is 8.83. The van der Waals surface area contributed by atoms with Gasteiger partial charge in [-0.15, -0.1) is 0 Å². The van der Waals surface area contributed by atoms with Gasteiger partial charge in [0, 0.05) is 24.8 Å². The molecule has 1 aromatic rings. The number of aliphatic hydroxyl groups excluding tert-OH is 1. The molecule has 0 unspecified atom stereocenters. The Kier molecular flexibility index (Phi) is 3.20. The zero-order chi connectivity index (χ0) is 12.4. The Bertz CT molecular complexity index is 415. The highest BCUT2D eigenvalue weighted by Gasteiger charge is 2.39. The molecule has 1 aromatic heterocycles. The Balaban J connectivity index is 1.78. The number of anilines is 1. The van der Waals surface area contributed by atoms with E-state index in [0.29, 0.717) is 5.41 Å². The van der Waals surface area contributed by atoms with Crippen molar-refractivity contribution < 1.29 is 5.11 Å². The maximum atomic E-state index is 9.37. The van der Waals surface area contributed by atoms with Crippen LogP contribution in [0, 0.1) is 5.41 Å². The van der Waals surface area contributed by atoms with Crippen LogP contribution in [0.4, 0.5) is 5.82 Å². The molecule has 2 fully saturated rings. The van der Waals surface area contributed by atoms with E-state index >= 15 is 0 Å². The topological polar surface area (TPSA) is 49.3 Å². The van der Waals surface area contributed by atoms with Crippen LogP contribution in [0.5, 0.6) is 0 Å². The molecule has 1 aliphatic heterocycles. The van der Waals surface area contributed by atoms with Crippen molar-refractivity contribution in [3.63, 3.8) is 0 Å². The molecule has 0 radical (unpaired) electrons. The molecule has 1 aliphatic carbocycles. The van der Waals surface area contributed by atoms with Gasteiger partial charge in [-0.3, -0.25) is 0 Å². The van der Waals surface area contributed by atoms with Crippen molar-refractivity contribution >= 4 is 5.82 Å². The average Bonchev–Trinajstić information content (AvgIpc) is 2.83. The lowest BCUT2D eigenvalue weighted by molar-refractivity contribution is 0.218. The summed E-state index contributed by atoms with van der Waals surface area (Å²) in [5.41, 5.74) is 1.38. The average molecular weight is 247 g/mol. The molecule has 18 heavy (non-hydrogen) atoms. The zero-order valence-electron chi connectivity index (χ0n) is 10.8. The van der Waals surface area contributed by atoms with Gasteiger partial charge in [-0.1, -0.05) is 19.3 Å². The van der Waals surface area contributed by atoms with Crippen molar-refractivity contribution in [1.82, 2.24) is 9.97 Å². The number of rotatable bonds is 2. The van der Waals surface area contributed by atoms with Crippen molar-refractivity contribution in [2.45, 2.75) is 45.1 Å². The molecule has 3 rings (SSSR count). The molecule has 2 heterocycles. The van der Waals surface area contributed by atoms with E-state index in [1.54, 1.807) is 12.5 Å². The normalized spacial score (nSPS) is 22.6. The molecule has 1 spiro atoms. The number of aliphatic hydroxyl groups is 1. The van der Waals surface area contributed by atoms with Crippen molar-refractivity contribution in [3.05, 3.63) is 18.1 Å². The predicted molar refractivity (Wildman–Crippen MR) is 70.3 cm³/mol. The summed E-state index contributed by atoms with van der Waals surface area (Å²) >= 11 is 0. The van der Waals surface area contributed by atoms with Crippen LogP contribution < -0.4 is 4.90 Å². The van der Waals surface area contributed by atoms with Gasteiger partial charge in [-0.05, 0) is 24.7 Å². The van der Waals surface area contributed by atoms with Crippen molar-refractivity contribution in [3.8, 4) is 0 Å². The Morgan fingerprint density at radius 3 is 2.83 bits per heavy atom. The van der Waals surface area contributed by atoms with E-state index in [4.69, 9.17) is 0 Å². The Morgan fingerprint density at radius 2 is 2.06 bits per heavy atom. The van der Waals surface area contributed by atoms with Gasteiger partial charge in [0.25, 0.3) is 0 Å². The van der Waals surface area contributed by atoms with Crippen LogP contribution in [0.1, 0.15) is 44.1 Å². The molecule has 0 bridgehead atoms. The first kappa shape index (κ1) is 11.9. The standard InChI is InChI=1S/C14H21N3O/c18-9-12-8-15-11-16-13(12)17-7-6-14(10-17)4-2-1-3-5-14/h8,11,18H,1-7,9-10H2. The fourth-order valence-corrected chi connectivity index (χ4v) is 3.57. The second-order valence-corrected chi connectivity index (χ2v) is 5.76. The second kappa shape index (κ2) is 4.84. The van der Waals surface area contributed by atoms with E-state index in [1.165, 1.54) is 38.5 Å². The van der Waals surface area contributed by atoms with Crippen LogP contribution in [-0.4, -0.2) is 28.2 Å². The molecule has 1 saturated heterocycles. The predicted octanol–water partition coefficient (Wildman–Crippen LogP) is 2.13. The van der Waals surface area contributed by atoms with Gasteiger partial charge < -0.3 is 10.0 Å². The summed E-state index contributed by atoms with van der Waals surface area (Å²) in [6.07, 6.45) is 11.5. The van der Waals surface area contributed by atoms with Crippen LogP contribution in [0.3, 0.4) is 0 Å². The molecule has 4 heteroatoms. The van der Waals surface area contributed by atoms with E-state index in [9.17, 15) is 5.11 Å².